The number of ketones is 1. The summed E-state index contributed by atoms with van der Waals surface area (Å²) < 4.78 is 10.4. The molecule has 2 heterocycles. The van der Waals surface area contributed by atoms with Crippen molar-refractivity contribution in [2.75, 3.05) is 7.11 Å². The van der Waals surface area contributed by atoms with Crippen LogP contribution in [0.1, 0.15) is 29.6 Å². The van der Waals surface area contributed by atoms with Gasteiger partial charge in [0.05, 0.1) is 12.1 Å². The van der Waals surface area contributed by atoms with E-state index in [9.17, 15) is 14.4 Å². The van der Waals surface area contributed by atoms with Crippen LogP contribution in [-0.2, 0) is 32.2 Å². The second kappa shape index (κ2) is 10.8. The molecule has 2 unspecified atom stereocenters. The van der Waals surface area contributed by atoms with Crippen LogP contribution in [0, 0.1) is 0 Å². The largest absolute Gasteiger partial charge is 0.481 e. The number of tetrazole rings is 1. The molecule has 32 heavy (non-hydrogen) atoms. The molecule has 1 amide bonds. The van der Waals surface area contributed by atoms with E-state index >= 15 is 0 Å². The number of aromatic nitrogens is 5. The number of carbonyl (C=O) groups excluding carboxylic acids is 2. The Labute approximate surface area is 182 Å². The van der Waals surface area contributed by atoms with Gasteiger partial charge in [0.1, 0.15) is 19.2 Å². The molecule has 1 aromatic carbocycles. The highest BCUT2D eigenvalue weighted by atomic mass is 16.5. The summed E-state index contributed by atoms with van der Waals surface area (Å²) in [6.07, 6.45) is -0.431. The average molecular weight is 442 g/mol. The summed E-state index contributed by atoms with van der Waals surface area (Å²) >= 11 is 0. The quantitative estimate of drug-likeness (QED) is 0.394. The number of methoxy groups -OCH3 is 1. The zero-order chi connectivity index (χ0) is 22.9. The van der Waals surface area contributed by atoms with Gasteiger partial charge in [-0.1, -0.05) is 30.3 Å². The number of nitrogens with one attached hydrogen (secondary N) is 2. The maximum atomic E-state index is 12.6. The van der Waals surface area contributed by atoms with E-state index in [1.165, 1.54) is 7.11 Å². The third-order valence-electron chi connectivity index (χ3n) is 4.41. The fraction of sp³-hybridized carbons (Fsp3) is 0.300. The lowest BCUT2D eigenvalue weighted by atomic mass is 10.1. The molecule has 0 saturated carbocycles. The fourth-order valence-electron chi connectivity index (χ4n) is 2.88. The summed E-state index contributed by atoms with van der Waals surface area (Å²) in [4.78, 5) is 39.9. The van der Waals surface area contributed by atoms with Crippen molar-refractivity contribution in [3.05, 3.63) is 65.7 Å². The van der Waals surface area contributed by atoms with Gasteiger partial charge in [-0.3, -0.25) is 9.59 Å². The summed E-state index contributed by atoms with van der Waals surface area (Å²) in [5, 5.41) is 23.3. The van der Waals surface area contributed by atoms with Crippen molar-refractivity contribution in [1.29, 1.82) is 0 Å². The van der Waals surface area contributed by atoms with Gasteiger partial charge >= 0.3 is 12.1 Å². The zero-order valence-corrected chi connectivity index (χ0v) is 17.2. The predicted molar refractivity (Wildman–Crippen MR) is 108 cm³/mol. The molecule has 2 aromatic heterocycles. The molecule has 0 spiro atoms. The summed E-state index contributed by atoms with van der Waals surface area (Å²) in [5.74, 6) is -1.67. The first kappa shape index (κ1) is 22.6. The van der Waals surface area contributed by atoms with Gasteiger partial charge in [-0.05, 0) is 22.9 Å². The van der Waals surface area contributed by atoms with Gasteiger partial charge in [0, 0.05) is 13.3 Å². The Morgan fingerprint density at radius 2 is 1.97 bits per heavy atom. The molecule has 2 atom stereocenters. The molecule has 0 saturated heterocycles. The lowest BCUT2D eigenvalue weighted by Crippen LogP contribution is -2.44. The van der Waals surface area contributed by atoms with Gasteiger partial charge in [0.2, 0.25) is 5.82 Å². The van der Waals surface area contributed by atoms with Gasteiger partial charge in [-0.15, -0.1) is 10.2 Å². The summed E-state index contributed by atoms with van der Waals surface area (Å²) in [7, 11) is 1.48. The van der Waals surface area contributed by atoms with E-state index in [1.54, 1.807) is 42.6 Å². The molecule has 0 fully saturated rings. The third kappa shape index (κ3) is 6.22. The van der Waals surface area contributed by atoms with Crippen LogP contribution >= 0.6 is 0 Å². The van der Waals surface area contributed by atoms with Crippen LogP contribution in [0.25, 0.3) is 0 Å². The van der Waals surface area contributed by atoms with Crippen LogP contribution in [-0.4, -0.2) is 61.3 Å². The molecule has 0 bridgehead atoms. The highest BCUT2D eigenvalue weighted by Gasteiger charge is 2.26. The Balaban J connectivity index is 1.61. The van der Waals surface area contributed by atoms with Gasteiger partial charge < -0.3 is 24.9 Å². The molecule has 168 valence electrons. The number of Topliss-reactive ketones (excluding diaryl/α,β-unsaturated/α-hetero) is 1. The number of hydrogen-bond donors (Lipinski definition) is 3. The lowest BCUT2D eigenvalue weighted by molar-refractivity contribution is -0.139. The molecule has 0 aliphatic carbocycles. The molecule has 0 aliphatic heterocycles. The van der Waals surface area contributed by atoms with Crippen LogP contribution < -0.4 is 5.32 Å². The number of rotatable bonds is 11. The second-order valence-electron chi connectivity index (χ2n) is 6.74. The minimum atomic E-state index is -1.33. The van der Waals surface area contributed by atoms with Crippen LogP contribution in [0.2, 0.25) is 0 Å². The van der Waals surface area contributed by atoms with Crippen LogP contribution in [0.15, 0.2) is 48.7 Å². The van der Waals surface area contributed by atoms with E-state index in [0.717, 1.165) is 10.4 Å². The molecule has 3 rings (SSSR count). The first-order chi connectivity index (χ1) is 15.5. The third-order valence-corrected chi connectivity index (χ3v) is 4.41. The van der Waals surface area contributed by atoms with E-state index in [1.807, 2.05) is 6.07 Å². The summed E-state index contributed by atoms with van der Waals surface area (Å²) in [6, 6.07) is 11.2. The first-order valence-electron chi connectivity index (χ1n) is 9.61. The molecule has 0 radical (unpaired) electrons. The number of carboxylic acid groups (broad SMARTS) is 1. The number of amides is 1. The van der Waals surface area contributed by atoms with E-state index in [0.29, 0.717) is 5.69 Å². The van der Waals surface area contributed by atoms with Gasteiger partial charge in [0.15, 0.2) is 11.9 Å². The molecule has 12 nitrogen and oxygen atoms in total. The number of aromatic amines is 1. The maximum absolute atomic E-state index is 12.6. The van der Waals surface area contributed by atoms with E-state index in [2.05, 4.69) is 25.7 Å². The highest BCUT2D eigenvalue weighted by Crippen LogP contribution is 2.19. The smallest absolute Gasteiger partial charge is 0.408 e. The fourth-order valence-corrected chi connectivity index (χ4v) is 2.88. The minimum absolute atomic E-state index is 0.0220. The molecule has 0 aliphatic rings. The van der Waals surface area contributed by atoms with Gasteiger partial charge in [-0.2, -0.15) is 4.80 Å². The van der Waals surface area contributed by atoms with Crippen molar-refractivity contribution in [2.45, 2.75) is 31.7 Å². The van der Waals surface area contributed by atoms with E-state index in [-0.39, 0.29) is 12.4 Å². The zero-order valence-electron chi connectivity index (χ0n) is 17.2. The number of aliphatic carboxylic acids is 1. The number of nitrogens with zero attached hydrogens (tertiary/aromatic N) is 4. The summed E-state index contributed by atoms with van der Waals surface area (Å²) in [6.45, 7) is -0.420. The number of carbonyl (C=O) groups is 3. The van der Waals surface area contributed by atoms with E-state index in [4.69, 9.17) is 14.6 Å². The second-order valence-corrected chi connectivity index (χ2v) is 6.74. The highest BCUT2D eigenvalue weighted by molar-refractivity contribution is 5.90. The standard InChI is InChI=1S/C20H22N6O6/c1-31-18(14-8-5-9-21-14)19-23-25-26(24-19)11-16(27)15(10-17(28)29)22-20(30)32-12-13-6-3-2-4-7-13/h2-9,15,18,21H,10-12H2,1H3,(H,22,30)(H,28,29). The Kier molecular flexibility index (Phi) is 7.65. The van der Waals surface area contributed by atoms with Crippen LogP contribution in [0.5, 0.6) is 0 Å². The van der Waals surface area contributed by atoms with Crippen molar-refractivity contribution in [1.82, 2.24) is 30.5 Å². The van der Waals surface area contributed by atoms with E-state index < -0.39 is 43.0 Å². The van der Waals surface area contributed by atoms with Gasteiger partial charge in [-0.25, -0.2) is 4.79 Å². The number of benzene rings is 1. The number of carboxylic acids is 1. The summed E-state index contributed by atoms with van der Waals surface area (Å²) in [5.41, 5.74) is 1.45. The number of hydrogen-bond acceptors (Lipinski definition) is 8. The first-order valence-corrected chi connectivity index (χ1v) is 9.61. The van der Waals surface area contributed by atoms with Crippen molar-refractivity contribution in [2.24, 2.45) is 0 Å². The Morgan fingerprint density at radius 1 is 1.19 bits per heavy atom. The Hall–Kier alpha value is -4.06. The number of ether oxygens (including phenoxy) is 2. The van der Waals surface area contributed by atoms with Crippen LogP contribution in [0.4, 0.5) is 4.79 Å². The molecule has 3 N–H and O–H groups in total. The predicted octanol–water partition coefficient (Wildman–Crippen LogP) is 1.08. The van der Waals surface area contributed by atoms with Crippen LogP contribution in [0.3, 0.4) is 0 Å². The van der Waals surface area contributed by atoms with Crippen molar-refractivity contribution in [3.63, 3.8) is 0 Å². The maximum Gasteiger partial charge on any atom is 0.408 e. The molecule has 3 aromatic rings. The van der Waals surface area contributed by atoms with Gasteiger partial charge in [0.25, 0.3) is 0 Å². The average Bonchev–Trinajstić information content (AvgIpc) is 3.46. The van der Waals surface area contributed by atoms with Crippen molar-refractivity contribution < 1.29 is 29.0 Å². The Bertz CT molecular complexity index is 1040. The molecule has 12 heteroatoms. The van der Waals surface area contributed by atoms with Crippen molar-refractivity contribution in [3.8, 4) is 0 Å². The SMILES string of the molecule is COC(c1nnn(CC(=O)C(CC(=O)O)NC(=O)OCc2ccccc2)n1)c1ccc[nH]1. The van der Waals surface area contributed by atoms with Crippen molar-refractivity contribution >= 4 is 17.8 Å². The lowest BCUT2D eigenvalue weighted by Gasteiger charge is -2.15. The topological polar surface area (TPSA) is 161 Å². The Morgan fingerprint density at radius 3 is 2.62 bits per heavy atom. The minimum Gasteiger partial charge on any atom is -0.481 e. The number of H-pyrrole nitrogens is 1. The number of alkyl carbamates (subject to hydrolysis) is 1. The monoisotopic (exact) mass is 442 g/mol. The molecular weight excluding hydrogens is 420 g/mol. The normalized spacial score (nSPS) is 12.7. The molecular formula is C20H22N6O6.